The second kappa shape index (κ2) is 3.65. The van der Waals surface area contributed by atoms with Gasteiger partial charge in [-0.15, -0.1) is 0 Å². The van der Waals surface area contributed by atoms with Gasteiger partial charge in [0.25, 0.3) is 0 Å². The van der Waals surface area contributed by atoms with Gasteiger partial charge in [-0.1, -0.05) is 0 Å². The van der Waals surface area contributed by atoms with Gasteiger partial charge in [-0.25, -0.2) is 9.77 Å². The zero-order chi connectivity index (χ0) is 4.12. The molecular formula is N2OSi2. The van der Waals surface area contributed by atoms with Crippen LogP contribution in [-0.4, -0.2) is 18.8 Å². The number of nitrogens with zero attached hydrogens (tertiary/aromatic N) is 2. The zero-order valence-electron chi connectivity index (χ0n) is 2.30. The summed E-state index contributed by atoms with van der Waals surface area (Å²) in [4.78, 5) is 15.4. The Balaban J connectivity index is 2.86. The SMILES string of the molecule is N#[Si]O[Si]#N. The lowest BCUT2D eigenvalue weighted by Crippen LogP contribution is -1.75. The number of hydrogen-bond donors (Lipinski definition) is 0. The van der Waals surface area contributed by atoms with Crippen LogP contribution in [-0.2, 0) is 4.12 Å². The largest absolute Gasteiger partial charge is 0.455 e. The van der Waals surface area contributed by atoms with Crippen LogP contribution in [0.2, 0.25) is 0 Å². The van der Waals surface area contributed by atoms with Crippen LogP contribution in [0.25, 0.3) is 0 Å². The molecule has 0 aliphatic carbocycles. The fourth-order valence-corrected chi connectivity index (χ4v) is 0.184. The molecule has 3 nitrogen and oxygen atoms in total. The smallest absolute Gasteiger partial charge is 0.444 e. The van der Waals surface area contributed by atoms with Crippen LogP contribution in [0.4, 0.5) is 0 Å². The zero-order valence-corrected chi connectivity index (χ0v) is 4.30. The molecule has 0 heterocycles. The molecule has 0 aliphatic heterocycles. The molecule has 0 radical (unpaired) electrons. The molecule has 0 aromatic carbocycles. The van der Waals surface area contributed by atoms with Crippen molar-refractivity contribution in [3.63, 3.8) is 0 Å². The van der Waals surface area contributed by atoms with Crippen molar-refractivity contribution >= 4 is 18.8 Å². The maximum Gasteiger partial charge on any atom is 0.455 e. The van der Waals surface area contributed by atoms with Gasteiger partial charge in [0.1, 0.15) is 0 Å². The average molecular weight is 100 g/mol. The molecule has 0 bridgehead atoms. The Hall–Kier alpha value is -0.346. The number of rotatable bonds is 0. The predicted octanol–water partition coefficient (Wildman–Crippen LogP) is -0.800. The van der Waals surface area contributed by atoms with Gasteiger partial charge in [-0.05, 0) is 0 Å². The van der Waals surface area contributed by atoms with Crippen molar-refractivity contribution in [1.82, 2.24) is 0 Å². The normalized spacial score (nSPS) is 3.60. The average Bonchev–Trinajstić information content (AvgIpc) is 1.41. The third-order valence-corrected chi connectivity index (χ3v) is 0.822. The van der Waals surface area contributed by atoms with E-state index in [-0.39, 0.29) is 0 Å². The van der Waals surface area contributed by atoms with Gasteiger partial charge >= 0.3 is 18.8 Å². The first-order valence-corrected chi connectivity index (χ1v) is 2.57. The van der Waals surface area contributed by atoms with Gasteiger partial charge in [-0.2, -0.15) is 0 Å². The lowest BCUT2D eigenvalue weighted by Gasteiger charge is -1.57. The molecule has 0 amide bonds. The van der Waals surface area contributed by atoms with Crippen molar-refractivity contribution in [2.24, 2.45) is 0 Å². The Morgan fingerprint density at radius 2 is 1.60 bits per heavy atom. The first kappa shape index (κ1) is 4.65. The van der Waals surface area contributed by atoms with Crippen molar-refractivity contribution in [2.45, 2.75) is 0 Å². The molecule has 0 unspecified atom stereocenters. The molecule has 0 rings (SSSR count). The van der Waals surface area contributed by atoms with Crippen LogP contribution in [0, 0.1) is 9.77 Å². The van der Waals surface area contributed by atoms with E-state index in [4.69, 9.17) is 9.77 Å². The fraction of sp³-hybridized carbons (Fsp3) is 0. The summed E-state index contributed by atoms with van der Waals surface area (Å²) in [6, 6.07) is 0. The van der Waals surface area contributed by atoms with Crippen LogP contribution in [0.15, 0.2) is 0 Å². The lowest BCUT2D eigenvalue weighted by atomic mass is 14.0. The van der Waals surface area contributed by atoms with Crippen LogP contribution in [0.3, 0.4) is 0 Å². The maximum atomic E-state index is 7.72. The number of hydrogen-bond acceptors (Lipinski definition) is 3. The minimum atomic E-state index is -0.580. The van der Waals surface area contributed by atoms with Crippen molar-refractivity contribution in [3.8, 4) is 0 Å². The molecule has 0 aliphatic rings. The van der Waals surface area contributed by atoms with Crippen LogP contribution >= 0.6 is 0 Å². The van der Waals surface area contributed by atoms with E-state index in [0.717, 1.165) is 0 Å². The molecule has 5 heavy (non-hydrogen) atoms. The molecule has 0 spiro atoms. The molecule has 5 heteroatoms. The highest BCUT2D eigenvalue weighted by Gasteiger charge is 1.61. The maximum absolute atomic E-state index is 7.72. The van der Waals surface area contributed by atoms with Gasteiger partial charge in [0.15, 0.2) is 0 Å². The quantitative estimate of drug-likeness (QED) is 0.374. The Morgan fingerprint density at radius 1 is 1.20 bits per heavy atom. The molecule has 0 aromatic rings. The van der Waals surface area contributed by atoms with Crippen LogP contribution < -0.4 is 0 Å². The Labute approximate surface area is 33.6 Å². The topological polar surface area (TPSA) is 56.8 Å². The molecule has 0 atom stereocenters. The highest BCUT2D eigenvalue weighted by atomic mass is 28.3. The van der Waals surface area contributed by atoms with Gasteiger partial charge in [0, 0.05) is 0 Å². The summed E-state index contributed by atoms with van der Waals surface area (Å²) in [5, 5.41) is 0. The third-order valence-electron chi connectivity index (χ3n) is 0.0913. The Morgan fingerprint density at radius 3 is 1.60 bits per heavy atom. The van der Waals surface area contributed by atoms with Crippen molar-refractivity contribution in [1.29, 1.82) is 9.77 Å². The van der Waals surface area contributed by atoms with E-state index in [1.807, 2.05) is 0 Å². The fourth-order valence-electron chi connectivity index (χ4n) is 0.0204. The standard InChI is InChI=1S/N2OSi2/c1-4-3-5-2. The molecule has 0 N–H and O–H groups in total. The first-order chi connectivity index (χ1) is 2.41. The molecule has 0 aromatic heterocycles. The minimum Gasteiger partial charge on any atom is -0.444 e. The van der Waals surface area contributed by atoms with E-state index in [2.05, 4.69) is 4.12 Å². The van der Waals surface area contributed by atoms with E-state index in [1.165, 1.54) is 0 Å². The summed E-state index contributed by atoms with van der Waals surface area (Å²) < 4.78 is 4.00. The molecular weight excluding hydrogens is 100 g/mol. The van der Waals surface area contributed by atoms with E-state index in [1.54, 1.807) is 0 Å². The second-order valence-corrected chi connectivity index (χ2v) is 1.47. The molecule has 0 fully saturated rings. The van der Waals surface area contributed by atoms with E-state index >= 15 is 0 Å². The highest BCUT2D eigenvalue weighted by Crippen LogP contribution is 1.32. The van der Waals surface area contributed by atoms with Crippen LogP contribution in [0.5, 0.6) is 0 Å². The molecule has 24 valence electrons. The molecule has 0 saturated heterocycles. The first-order valence-electron chi connectivity index (χ1n) is 0.855. The second-order valence-electron chi connectivity index (χ2n) is 0.285. The van der Waals surface area contributed by atoms with E-state index in [9.17, 15) is 0 Å². The van der Waals surface area contributed by atoms with Crippen molar-refractivity contribution in [2.75, 3.05) is 0 Å². The Bertz CT molecular complexity index is 72.8. The van der Waals surface area contributed by atoms with Crippen molar-refractivity contribution in [3.05, 3.63) is 0 Å². The van der Waals surface area contributed by atoms with E-state index < -0.39 is 18.8 Å². The van der Waals surface area contributed by atoms with E-state index in [0.29, 0.717) is 0 Å². The highest BCUT2D eigenvalue weighted by molar-refractivity contribution is 6.22. The Kier molecular flexibility index (Phi) is 3.40. The molecule has 0 saturated carbocycles. The summed E-state index contributed by atoms with van der Waals surface area (Å²) in [6.07, 6.45) is 0. The lowest BCUT2D eigenvalue weighted by molar-refractivity contribution is 0.666. The summed E-state index contributed by atoms with van der Waals surface area (Å²) in [5.41, 5.74) is 0. The van der Waals surface area contributed by atoms with Gasteiger partial charge in [0.2, 0.25) is 0 Å². The third kappa shape index (κ3) is 3.65. The van der Waals surface area contributed by atoms with Crippen LogP contribution in [0.1, 0.15) is 0 Å². The van der Waals surface area contributed by atoms with Gasteiger partial charge < -0.3 is 4.12 Å². The monoisotopic (exact) mass is 100.0 g/mol. The van der Waals surface area contributed by atoms with Gasteiger partial charge in [0.05, 0.1) is 0 Å². The predicted molar refractivity (Wildman–Crippen MR) is 16.0 cm³/mol. The minimum absolute atomic E-state index is 0.580. The summed E-state index contributed by atoms with van der Waals surface area (Å²) in [6.45, 7) is 0. The summed E-state index contributed by atoms with van der Waals surface area (Å²) in [7, 11) is -1.16. The van der Waals surface area contributed by atoms with Gasteiger partial charge in [-0.3, -0.25) is 0 Å². The van der Waals surface area contributed by atoms with Crippen molar-refractivity contribution < 1.29 is 4.12 Å². The summed E-state index contributed by atoms with van der Waals surface area (Å²) >= 11 is 0. The summed E-state index contributed by atoms with van der Waals surface area (Å²) in [5.74, 6) is 0.